The maximum Gasteiger partial charge on any atom is 0.115 e. The van der Waals surface area contributed by atoms with E-state index < -0.39 is 0 Å². The summed E-state index contributed by atoms with van der Waals surface area (Å²) in [6, 6.07) is 5.60. The van der Waals surface area contributed by atoms with Gasteiger partial charge in [-0.25, -0.2) is 0 Å². The number of hydrogen-bond donors (Lipinski definition) is 3. The van der Waals surface area contributed by atoms with Gasteiger partial charge in [0, 0.05) is 5.92 Å². The van der Waals surface area contributed by atoms with Crippen LogP contribution in [0.2, 0.25) is 0 Å². The molecule has 0 amide bonds. The van der Waals surface area contributed by atoms with E-state index in [2.05, 4.69) is 6.92 Å². The van der Waals surface area contributed by atoms with Crippen LogP contribution in [0.1, 0.15) is 49.7 Å². The number of fused-ring (bicyclic) bond motifs is 5. The fourth-order valence-corrected chi connectivity index (χ4v) is 5.62. The van der Waals surface area contributed by atoms with Gasteiger partial charge in [0.25, 0.3) is 0 Å². The summed E-state index contributed by atoms with van der Waals surface area (Å²) in [6.07, 6.45) is 4.04. The van der Waals surface area contributed by atoms with Crippen molar-refractivity contribution in [3.8, 4) is 5.75 Å². The molecule has 114 valence electrons. The van der Waals surface area contributed by atoms with Crippen LogP contribution < -0.4 is 0 Å². The average molecular weight is 288 g/mol. The molecular formula is C18H24O3. The minimum atomic E-state index is -0.382. The molecule has 0 aromatic heterocycles. The highest BCUT2D eigenvalue weighted by molar-refractivity contribution is 5.40. The number of aliphatic hydroxyl groups is 2. The second-order valence-corrected chi connectivity index (χ2v) is 7.59. The lowest BCUT2D eigenvalue weighted by Gasteiger charge is -2.52. The molecular weight excluding hydrogens is 264 g/mol. The molecule has 0 radical (unpaired) electrons. The number of phenols is 1. The molecule has 3 heteroatoms. The van der Waals surface area contributed by atoms with Gasteiger partial charge in [-0.05, 0) is 72.6 Å². The minimum Gasteiger partial charge on any atom is -0.508 e. The normalized spacial score (nSPS) is 44.8. The van der Waals surface area contributed by atoms with Crippen LogP contribution in [0.25, 0.3) is 0 Å². The highest BCUT2D eigenvalue weighted by Crippen LogP contribution is 2.60. The van der Waals surface area contributed by atoms with Crippen molar-refractivity contribution in [1.29, 1.82) is 0 Å². The molecule has 0 heterocycles. The molecule has 3 aliphatic rings. The molecule has 3 nitrogen and oxygen atoms in total. The largest absolute Gasteiger partial charge is 0.508 e. The van der Waals surface area contributed by atoms with Crippen molar-refractivity contribution in [2.45, 2.75) is 57.2 Å². The van der Waals surface area contributed by atoms with Gasteiger partial charge in [-0.1, -0.05) is 13.0 Å². The number of phenolic OH excluding ortho intramolecular Hbond substituents is 1. The summed E-state index contributed by atoms with van der Waals surface area (Å²) in [7, 11) is 0. The van der Waals surface area contributed by atoms with Gasteiger partial charge >= 0.3 is 0 Å². The first-order valence-electron chi connectivity index (χ1n) is 8.18. The van der Waals surface area contributed by atoms with E-state index in [1.54, 1.807) is 6.07 Å². The fourth-order valence-electron chi connectivity index (χ4n) is 5.62. The van der Waals surface area contributed by atoms with Crippen molar-refractivity contribution in [3.05, 3.63) is 29.3 Å². The van der Waals surface area contributed by atoms with Crippen LogP contribution in [0.15, 0.2) is 18.2 Å². The minimum absolute atomic E-state index is 0.116. The molecule has 0 aliphatic heterocycles. The Labute approximate surface area is 125 Å². The van der Waals surface area contributed by atoms with Crippen molar-refractivity contribution < 1.29 is 15.3 Å². The first kappa shape index (κ1) is 13.6. The lowest BCUT2D eigenvalue weighted by Crippen LogP contribution is -2.50. The first-order valence-corrected chi connectivity index (χ1v) is 8.18. The molecule has 2 fully saturated rings. The van der Waals surface area contributed by atoms with E-state index in [1.807, 2.05) is 12.1 Å². The van der Waals surface area contributed by atoms with Crippen LogP contribution >= 0.6 is 0 Å². The highest BCUT2D eigenvalue weighted by atomic mass is 16.3. The third-order valence-electron chi connectivity index (χ3n) is 6.63. The fraction of sp³-hybridized carbons (Fsp3) is 0.667. The summed E-state index contributed by atoms with van der Waals surface area (Å²) >= 11 is 0. The summed E-state index contributed by atoms with van der Waals surface area (Å²) < 4.78 is 0. The van der Waals surface area contributed by atoms with E-state index >= 15 is 0 Å². The monoisotopic (exact) mass is 288 g/mol. The zero-order valence-corrected chi connectivity index (χ0v) is 12.5. The van der Waals surface area contributed by atoms with Gasteiger partial charge in [-0.2, -0.15) is 0 Å². The smallest absolute Gasteiger partial charge is 0.115 e. The van der Waals surface area contributed by atoms with E-state index in [-0.39, 0.29) is 23.5 Å². The molecule has 6 atom stereocenters. The van der Waals surface area contributed by atoms with Gasteiger partial charge in [0.1, 0.15) is 5.75 Å². The average Bonchev–Trinajstić information content (AvgIpc) is 2.74. The Morgan fingerprint density at radius 3 is 2.76 bits per heavy atom. The topological polar surface area (TPSA) is 60.7 Å². The third-order valence-corrected chi connectivity index (χ3v) is 6.63. The van der Waals surface area contributed by atoms with E-state index in [9.17, 15) is 15.3 Å². The molecule has 21 heavy (non-hydrogen) atoms. The molecule has 3 N–H and O–H groups in total. The van der Waals surface area contributed by atoms with Crippen LogP contribution in [-0.4, -0.2) is 27.5 Å². The zero-order valence-electron chi connectivity index (χ0n) is 12.5. The Morgan fingerprint density at radius 1 is 1.14 bits per heavy atom. The van der Waals surface area contributed by atoms with Crippen LogP contribution in [0.5, 0.6) is 5.75 Å². The van der Waals surface area contributed by atoms with Crippen LogP contribution in [0, 0.1) is 17.3 Å². The van der Waals surface area contributed by atoms with Crippen molar-refractivity contribution in [1.82, 2.24) is 0 Å². The zero-order chi connectivity index (χ0) is 14.8. The number of rotatable bonds is 0. The molecule has 4 rings (SSSR count). The lowest BCUT2D eigenvalue weighted by molar-refractivity contribution is -0.0798. The number of benzene rings is 1. The lowest BCUT2D eigenvalue weighted by atomic mass is 9.54. The molecule has 0 bridgehead atoms. The predicted molar refractivity (Wildman–Crippen MR) is 80.1 cm³/mol. The summed E-state index contributed by atoms with van der Waals surface area (Å²) in [6.45, 7) is 2.17. The number of aryl methyl sites for hydroxylation is 1. The van der Waals surface area contributed by atoms with E-state index in [1.165, 1.54) is 11.1 Å². The second kappa shape index (κ2) is 4.47. The van der Waals surface area contributed by atoms with Gasteiger partial charge in [0.05, 0.1) is 12.2 Å². The van der Waals surface area contributed by atoms with Crippen molar-refractivity contribution in [3.63, 3.8) is 0 Å². The molecule has 1 aromatic rings. The van der Waals surface area contributed by atoms with Crippen LogP contribution in [-0.2, 0) is 6.42 Å². The number of aliphatic hydroxyl groups excluding tert-OH is 2. The van der Waals surface area contributed by atoms with Crippen LogP contribution in [0.4, 0.5) is 0 Å². The maximum atomic E-state index is 10.8. The highest BCUT2D eigenvalue weighted by Gasteiger charge is 2.57. The second-order valence-electron chi connectivity index (χ2n) is 7.59. The molecule has 2 saturated carbocycles. The molecule has 0 saturated heterocycles. The maximum absolute atomic E-state index is 10.8. The summed E-state index contributed by atoms with van der Waals surface area (Å²) in [5.41, 5.74) is 2.30. The van der Waals surface area contributed by atoms with Gasteiger partial charge in [-0.3, -0.25) is 0 Å². The molecule has 3 aliphatic carbocycles. The Hall–Kier alpha value is -1.06. The Balaban J connectivity index is 1.76. The summed E-state index contributed by atoms with van der Waals surface area (Å²) in [5.74, 6) is 1.48. The quantitative estimate of drug-likeness (QED) is 0.687. The Morgan fingerprint density at radius 2 is 1.95 bits per heavy atom. The standard InChI is InChI=1S/C18H24O3/c1-18-9-15(20)17-12-5-3-11(19)8-10(12)2-4-13(17)14(18)6-7-16(18)21/h3,5,8,13-17,19-21H,2,4,6-7,9H2,1H3/t13-,14-,15+,16-,17+,18-/m1/s1. The van der Waals surface area contributed by atoms with Crippen molar-refractivity contribution >= 4 is 0 Å². The van der Waals surface area contributed by atoms with E-state index in [0.717, 1.165) is 25.7 Å². The van der Waals surface area contributed by atoms with Gasteiger partial charge in [-0.15, -0.1) is 0 Å². The number of hydrogen-bond acceptors (Lipinski definition) is 3. The van der Waals surface area contributed by atoms with Gasteiger partial charge < -0.3 is 15.3 Å². The summed E-state index contributed by atoms with van der Waals surface area (Å²) in [5, 5.41) is 30.8. The molecule has 1 aromatic carbocycles. The Kier molecular flexibility index (Phi) is 2.89. The van der Waals surface area contributed by atoms with Gasteiger partial charge in [0.15, 0.2) is 0 Å². The number of aromatic hydroxyl groups is 1. The third kappa shape index (κ3) is 1.80. The van der Waals surface area contributed by atoms with Crippen LogP contribution in [0.3, 0.4) is 0 Å². The first-order chi connectivity index (χ1) is 10.0. The van der Waals surface area contributed by atoms with E-state index in [0.29, 0.717) is 24.0 Å². The van der Waals surface area contributed by atoms with Crippen molar-refractivity contribution in [2.24, 2.45) is 17.3 Å². The molecule has 0 unspecified atom stereocenters. The predicted octanol–water partition coefficient (Wildman–Crippen LogP) is 2.58. The summed E-state index contributed by atoms with van der Waals surface area (Å²) in [4.78, 5) is 0. The van der Waals surface area contributed by atoms with Crippen molar-refractivity contribution in [2.75, 3.05) is 0 Å². The SMILES string of the molecule is C[C@@]12C[C@H](O)[C@H]3c4ccc(O)cc4CC[C@@H]3[C@H]1CC[C@H]2O. The van der Waals surface area contributed by atoms with E-state index in [4.69, 9.17) is 0 Å². The Bertz CT molecular complexity index is 570. The van der Waals surface area contributed by atoms with Gasteiger partial charge in [0.2, 0.25) is 0 Å². The molecule has 0 spiro atoms.